The molecule has 0 aliphatic carbocycles. The molecule has 0 rings (SSSR count). The zero-order valence-corrected chi connectivity index (χ0v) is 6.46. The van der Waals surface area contributed by atoms with Gasteiger partial charge in [0.15, 0.2) is 0 Å². The van der Waals surface area contributed by atoms with E-state index < -0.39 is 8.69 Å². The van der Waals surface area contributed by atoms with E-state index in [-0.39, 0.29) is 54.7 Å². The van der Waals surface area contributed by atoms with Gasteiger partial charge >= 0.3 is 8.69 Å². The van der Waals surface area contributed by atoms with Crippen LogP contribution in [0.15, 0.2) is 0 Å². The minimum absolute atomic E-state index is 0. The molecule has 0 bridgehead atoms. The van der Waals surface area contributed by atoms with E-state index in [1.54, 1.807) is 0 Å². The number of hydrogen-bond acceptors (Lipinski definition) is 1. The predicted octanol–water partition coefficient (Wildman–Crippen LogP) is -0.463. The molecule has 0 aliphatic rings. The molecule has 0 heterocycles. The van der Waals surface area contributed by atoms with Crippen LogP contribution in [-0.2, 0) is 4.57 Å². The van der Waals surface area contributed by atoms with Crippen LogP contribution in [0.1, 0.15) is 0 Å². The van der Waals surface area contributed by atoms with E-state index in [1.807, 2.05) is 0 Å². The predicted molar refractivity (Wildman–Crippen MR) is 17.0 cm³/mol. The molecule has 0 spiro atoms. The van der Waals surface area contributed by atoms with Crippen LogP contribution in [0, 0.1) is 37.3 Å². The van der Waals surface area contributed by atoms with Gasteiger partial charge in [-0.2, -0.15) is 0 Å². The minimum Gasteiger partial charge on any atom is -0.310 e. The molecule has 0 saturated carbocycles. The normalized spacial score (nSPS) is 4.20. The molecule has 1 N–H and O–H groups in total. The van der Waals surface area contributed by atoms with Crippen molar-refractivity contribution in [3.63, 3.8) is 0 Å². The van der Waals surface area contributed by atoms with E-state index >= 15 is 0 Å². The first-order valence-corrected chi connectivity index (χ1v) is 1.15. The van der Waals surface area contributed by atoms with Crippen LogP contribution >= 0.6 is 8.69 Å². The second-order valence-electron chi connectivity index (χ2n) is 0.0816. The van der Waals surface area contributed by atoms with Crippen LogP contribution in [0.2, 0.25) is 0 Å². The first-order chi connectivity index (χ1) is 1.41. The van der Waals surface area contributed by atoms with Crippen molar-refractivity contribution < 1.29 is 46.8 Å². The molecule has 0 aliphatic heterocycles. The van der Waals surface area contributed by atoms with E-state index in [0.717, 1.165) is 0 Å². The second kappa shape index (κ2) is 17.0. The first-order valence-electron chi connectivity index (χ1n) is 0.383. The molecule has 0 saturated heterocycles. The Morgan fingerprint density at radius 3 is 1.60 bits per heavy atom. The molecular formula is H2AlErO2P. The average molecular weight is 259 g/mol. The topological polar surface area (TPSA) is 37.3 Å². The van der Waals surface area contributed by atoms with Gasteiger partial charge in [-0.25, -0.2) is 4.57 Å². The fraction of sp³-hybridized carbons (Fsp3) is 0. The molecule has 0 aromatic carbocycles. The van der Waals surface area contributed by atoms with Gasteiger partial charge in [-0.3, -0.25) is 0 Å². The van der Waals surface area contributed by atoms with Crippen molar-refractivity contribution in [3.8, 4) is 0 Å². The average Bonchev–Trinajstić information content (AvgIpc) is 0.918. The Bertz CT molecular complexity index is 17.1. The summed E-state index contributed by atoms with van der Waals surface area (Å²) in [6, 6.07) is 0. The maximum atomic E-state index is 8.46. The maximum Gasteiger partial charge on any atom is 0.324 e. The Hall–Kier alpha value is 1.84. The molecule has 34 valence electrons. The molecule has 0 unspecified atom stereocenters. The zero-order valence-electron chi connectivity index (χ0n) is 2.30. The summed E-state index contributed by atoms with van der Waals surface area (Å²) in [5.41, 5.74) is 0. The fourth-order valence-electron chi connectivity index (χ4n) is 0. The van der Waals surface area contributed by atoms with Gasteiger partial charge in [0.1, 0.15) is 0 Å². The Balaban J connectivity index is -0.0000000200. The summed E-state index contributed by atoms with van der Waals surface area (Å²) in [4.78, 5) is 6.99. The van der Waals surface area contributed by atoms with Crippen molar-refractivity contribution in [3.05, 3.63) is 0 Å². The van der Waals surface area contributed by atoms with E-state index in [9.17, 15) is 0 Å². The van der Waals surface area contributed by atoms with Gasteiger partial charge in [0.05, 0.1) is 17.4 Å². The summed E-state index contributed by atoms with van der Waals surface area (Å²) in [7, 11) is -0.833. The van der Waals surface area contributed by atoms with Gasteiger partial charge in [0.2, 0.25) is 0 Å². The summed E-state index contributed by atoms with van der Waals surface area (Å²) in [5, 5.41) is 0. The van der Waals surface area contributed by atoms with Crippen molar-refractivity contribution in [1.29, 1.82) is 0 Å². The Morgan fingerprint density at radius 2 is 1.60 bits per heavy atom. The van der Waals surface area contributed by atoms with Crippen molar-refractivity contribution in [2.24, 2.45) is 0 Å². The molecule has 0 aromatic heterocycles. The smallest absolute Gasteiger partial charge is 0.310 e. The van der Waals surface area contributed by atoms with Crippen molar-refractivity contribution in [2.75, 3.05) is 0 Å². The largest absolute Gasteiger partial charge is 0.324 e. The third-order valence-electron chi connectivity index (χ3n) is 0. The van der Waals surface area contributed by atoms with Crippen molar-refractivity contribution in [2.45, 2.75) is 0 Å². The van der Waals surface area contributed by atoms with Gasteiger partial charge < -0.3 is 4.89 Å². The van der Waals surface area contributed by atoms with Crippen LogP contribution in [0.3, 0.4) is 0 Å². The molecule has 0 atom stereocenters. The van der Waals surface area contributed by atoms with Crippen LogP contribution < -0.4 is 0 Å². The monoisotopic (exact) mass is 258 g/mol. The number of rotatable bonds is 0. The quantitative estimate of drug-likeness (QED) is 0.472. The van der Waals surface area contributed by atoms with E-state index in [2.05, 4.69) is 0 Å². The zero-order chi connectivity index (χ0) is 2.71. The van der Waals surface area contributed by atoms with Crippen LogP contribution in [0.5, 0.6) is 0 Å². The molecule has 5 heteroatoms. The van der Waals surface area contributed by atoms with E-state index in [4.69, 9.17) is 9.46 Å². The summed E-state index contributed by atoms with van der Waals surface area (Å²) >= 11 is 0. The summed E-state index contributed by atoms with van der Waals surface area (Å²) < 4.78 is 8.46. The van der Waals surface area contributed by atoms with Gasteiger partial charge in [0.25, 0.3) is 0 Å². The fourth-order valence-corrected chi connectivity index (χ4v) is 0. The Kier molecular flexibility index (Phi) is 53.7. The molecule has 5 heavy (non-hydrogen) atoms. The van der Waals surface area contributed by atoms with Crippen LogP contribution in [0.4, 0.5) is 0 Å². The Labute approximate surface area is 72.0 Å². The molecule has 2 radical (unpaired) electrons. The van der Waals surface area contributed by atoms with Crippen molar-refractivity contribution >= 4 is 26.0 Å². The second-order valence-corrected chi connectivity index (χ2v) is 0.245. The molecule has 2 nitrogen and oxygen atoms in total. The standard InChI is InChI=1S/Al.Er.HO2P.H/c;;1-3-2;/h;;(H,1,2);. The van der Waals surface area contributed by atoms with Gasteiger partial charge in [-0.1, -0.05) is 0 Å². The van der Waals surface area contributed by atoms with Gasteiger partial charge in [-0.05, 0) is 0 Å². The molecular weight excluding hydrogens is 257 g/mol. The van der Waals surface area contributed by atoms with Crippen molar-refractivity contribution in [1.82, 2.24) is 0 Å². The Morgan fingerprint density at radius 1 is 1.60 bits per heavy atom. The van der Waals surface area contributed by atoms with E-state index in [1.165, 1.54) is 0 Å². The third-order valence-corrected chi connectivity index (χ3v) is 0. The summed E-state index contributed by atoms with van der Waals surface area (Å²) in [6.07, 6.45) is 0. The molecule has 0 fully saturated rings. The first kappa shape index (κ1) is 15.8. The van der Waals surface area contributed by atoms with Gasteiger partial charge in [-0.15, -0.1) is 0 Å². The number of hydrogen-bond donors (Lipinski definition) is 1. The summed E-state index contributed by atoms with van der Waals surface area (Å²) in [6.45, 7) is 0. The van der Waals surface area contributed by atoms with Crippen LogP contribution in [0.25, 0.3) is 0 Å². The maximum absolute atomic E-state index is 8.46. The van der Waals surface area contributed by atoms with Crippen LogP contribution in [-0.4, -0.2) is 22.3 Å². The molecule has 0 amide bonds. The third kappa shape index (κ3) is 25.4. The molecule has 0 aromatic rings. The SMILES string of the molecule is O=PO.[AlH].[Er]. The van der Waals surface area contributed by atoms with Gasteiger partial charge in [0, 0.05) is 37.3 Å². The summed E-state index contributed by atoms with van der Waals surface area (Å²) in [5.74, 6) is 0. The minimum atomic E-state index is -0.833. The van der Waals surface area contributed by atoms with E-state index in [0.29, 0.717) is 0 Å².